The van der Waals surface area contributed by atoms with Gasteiger partial charge in [0.1, 0.15) is 10.7 Å². The van der Waals surface area contributed by atoms with E-state index in [0.29, 0.717) is 45.4 Å². The van der Waals surface area contributed by atoms with E-state index in [1.807, 2.05) is 6.92 Å². The average molecular weight is 566 g/mol. The van der Waals surface area contributed by atoms with Crippen molar-refractivity contribution < 1.29 is 23.9 Å². The van der Waals surface area contributed by atoms with Crippen LogP contribution in [0.2, 0.25) is 5.02 Å². The van der Waals surface area contributed by atoms with Crippen molar-refractivity contribution in [3.63, 3.8) is 0 Å². The van der Waals surface area contributed by atoms with Crippen LogP contribution in [0.1, 0.15) is 46.0 Å². The molecule has 0 bridgehead atoms. The minimum Gasteiger partial charge on any atom is -0.462 e. The fourth-order valence-electron chi connectivity index (χ4n) is 3.82. The molecule has 4 rings (SSSR count). The molecule has 0 atom stereocenters. The van der Waals surface area contributed by atoms with Crippen LogP contribution in [-0.2, 0) is 14.3 Å². The van der Waals surface area contributed by atoms with Gasteiger partial charge in [0.25, 0.3) is 17.7 Å². The molecule has 2 N–H and O–H groups in total. The number of hydrogen-bond donors (Lipinski definition) is 2. The second kappa shape index (κ2) is 12.1. The molecule has 0 radical (unpaired) electrons. The SMILES string of the molecule is CCCCOC(=O)c1ccc(NC(=O)c2cccc(NC3=C(Cl)C(=O)N(c4cc(Cl)ccc4C)C3=O)c2)cc1. The summed E-state index contributed by atoms with van der Waals surface area (Å²) in [6.45, 7) is 4.12. The average Bonchev–Trinajstić information content (AvgIpc) is 3.13. The molecular weight excluding hydrogens is 541 g/mol. The topological polar surface area (TPSA) is 105 Å². The Morgan fingerprint density at radius 2 is 1.64 bits per heavy atom. The van der Waals surface area contributed by atoms with Crippen molar-refractivity contribution in [1.82, 2.24) is 0 Å². The molecule has 0 unspecified atom stereocenters. The number of halogens is 2. The van der Waals surface area contributed by atoms with E-state index >= 15 is 0 Å². The number of nitrogens with one attached hydrogen (secondary N) is 2. The molecule has 0 aliphatic carbocycles. The first-order valence-corrected chi connectivity index (χ1v) is 13.0. The summed E-state index contributed by atoms with van der Waals surface area (Å²) in [5.74, 6) is -2.15. The van der Waals surface area contributed by atoms with Crippen LogP contribution < -0.4 is 15.5 Å². The van der Waals surface area contributed by atoms with Gasteiger partial charge in [0.05, 0.1) is 17.9 Å². The first-order valence-electron chi connectivity index (χ1n) is 12.2. The lowest BCUT2D eigenvalue weighted by Crippen LogP contribution is -2.32. The van der Waals surface area contributed by atoms with E-state index in [2.05, 4.69) is 10.6 Å². The Hall–Kier alpha value is -4.14. The molecule has 3 amide bonds. The molecule has 1 heterocycles. The number of amides is 3. The highest BCUT2D eigenvalue weighted by Crippen LogP contribution is 2.33. The van der Waals surface area contributed by atoms with Crippen LogP contribution in [0.4, 0.5) is 17.1 Å². The maximum absolute atomic E-state index is 13.1. The number of imide groups is 1. The predicted octanol–water partition coefficient (Wildman–Crippen LogP) is 6.29. The fraction of sp³-hybridized carbons (Fsp3) is 0.172. The van der Waals surface area contributed by atoms with E-state index in [-0.39, 0.29) is 10.7 Å². The fourth-order valence-corrected chi connectivity index (χ4v) is 4.20. The van der Waals surface area contributed by atoms with Crippen molar-refractivity contribution >= 4 is 64.0 Å². The van der Waals surface area contributed by atoms with Gasteiger partial charge in [0, 0.05) is 22.0 Å². The van der Waals surface area contributed by atoms with Gasteiger partial charge in [-0.25, -0.2) is 9.69 Å². The first kappa shape index (κ1) is 27.9. The first-order chi connectivity index (χ1) is 18.7. The van der Waals surface area contributed by atoms with Crippen molar-refractivity contribution in [3.05, 3.63) is 99.2 Å². The third kappa shape index (κ3) is 6.30. The molecule has 0 saturated heterocycles. The summed E-state index contributed by atoms with van der Waals surface area (Å²) in [7, 11) is 0. The Morgan fingerprint density at radius 3 is 2.36 bits per heavy atom. The Balaban J connectivity index is 1.45. The maximum Gasteiger partial charge on any atom is 0.338 e. The normalized spacial score (nSPS) is 13.1. The number of benzene rings is 3. The third-order valence-electron chi connectivity index (χ3n) is 5.94. The molecule has 3 aromatic carbocycles. The molecule has 0 aromatic heterocycles. The standard InChI is InChI=1S/C29H25Cl2N3O5/c1-3-4-14-39-29(38)18-9-12-21(13-10-18)33-26(35)19-6-5-7-22(15-19)32-25-24(31)27(36)34(28(25)37)23-16-20(30)11-8-17(23)2/h5-13,15-16,32H,3-4,14H2,1-2H3,(H,33,35). The lowest BCUT2D eigenvalue weighted by Gasteiger charge is -2.18. The molecule has 1 aliphatic heterocycles. The van der Waals surface area contributed by atoms with Crippen LogP contribution in [-0.4, -0.2) is 30.3 Å². The van der Waals surface area contributed by atoms with Crippen molar-refractivity contribution in [2.24, 2.45) is 0 Å². The summed E-state index contributed by atoms with van der Waals surface area (Å²) in [6.07, 6.45) is 1.72. The van der Waals surface area contributed by atoms with Crippen molar-refractivity contribution in [2.75, 3.05) is 22.1 Å². The summed E-state index contributed by atoms with van der Waals surface area (Å²) >= 11 is 12.3. The van der Waals surface area contributed by atoms with Gasteiger partial charge in [-0.05, 0) is 73.5 Å². The van der Waals surface area contributed by atoms with E-state index < -0.39 is 23.7 Å². The molecule has 0 fully saturated rings. The van der Waals surface area contributed by atoms with Gasteiger partial charge in [0.15, 0.2) is 0 Å². The lowest BCUT2D eigenvalue weighted by atomic mass is 10.1. The molecule has 3 aromatic rings. The van der Waals surface area contributed by atoms with Gasteiger partial charge in [0.2, 0.25) is 0 Å². The number of rotatable bonds is 9. The number of carbonyl (C=O) groups is 4. The van der Waals surface area contributed by atoms with Crippen LogP contribution in [0, 0.1) is 6.92 Å². The summed E-state index contributed by atoms with van der Waals surface area (Å²) in [4.78, 5) is 51.9. The lowest BCUT2D eigenvalue weighted by molar-refractivity contribution is -0.120. The van der Waals surface area contributed by atoms with Gasteiger partial charge in [-0.2, -0.15) is 0 Å². The molecule has 39 heavy (non-hydrogen) atoms. The molecule has 8 nitrogen and oxygen atoms in total. The van der Waals surface area contributed by atoms with Gasteiger partial charge >= 0.3 is 5.97 Å². The van der Waals surface area contributed by atoms with E-state index in [1.165, 1.54) is 12.1 Å². The van der Waals surface area contributed by atoms with Crippen LogP contribution in [0.25, 0.3) is 0 Å². The van der Waals surface area contributed by atoms with Crippen molar-refractivity contribution in [2.45, 2.75) is 26.7 Å². The minimum absolute atomic E-state index is 0.111. The second-order valence-corrected chi connectivity index (χ2v) is 9.61. The largest absolute Gasteiger partial charge is 0.462 e. The third-order valence-corrected chi connectivity index (χ3v) is 6.53. The summed E-state index contributed by atoms with van der Waals surface area (Å²) < 4.78 is 5.19. The zero-order valence-corrected chi connectivity index (χ0v) is 22.7. The van der Waals surface area contributed by atoms with Crippen molar-refractivity contribution in [1.29, 1.82) is 0 Å². The zero-order chi connectivity index (χ0) is 28.1. The number of aryl methyl sites for hydroxylation is 1. The smallest absolute Gasteiger partial charge is 0.338 e. The highest BCUT2D eigenvalue weighted by Gasteiger charge is 2.39. The number of ether oxygens (including phenoxy) is 1. The van der Waals surface area contributed by atoms with E-state index in [0.717, 1.165) is 17.7 Å². The Labute approximate surface area is 235 Å². The molecule has 10 heteroatoms. The minimum atomic E-state index is -0.680. The van der Waals surface area contributed by atoms with E-state index in [4.69, 9.17) is 27.9 Å². The number of unbranched alkanes of at least 4 members (excludes halogenated alkanes) is 1. The summed E-state index contributed by atoms with van der Waals surface area (Å²) in [5, 5.41) is 5.73. The van der Waals surface area contributed by atoms with E-state index in [1.54, 1.807) is 61.5 Å². The zero-order valence-electron chi connectivity index (χ0n) is 21.2. The Kier molecular flexibility index (Phi) is 8.69. The number of hydrogen-bond acceptors (Lipinski definition) is 6. The van der Waals surface area contributed by atoms with E-state index in [9.17, 15) is 19.2 Å². The second-order valence-electron chi connectivity index (χ2n) is 8.79. The Morgan fingerprint density at radius 1 is 0.897 bits per heavy atom. The van der Waals surface area contributed by atoms with Gasteiger partial charge in [-0.15, -0.1) is 0 Å². The van der Waals surface area contributed by atoms with Crippen LogP contribution in [0.5, 0.6) is 0 Å². The van der Waals surface area contributed by atoms with Crippen LogP contribution in [0.15, 0.2) is 77.5 Å². The number of anilines is 3. The van der Waals surface area contributed by atoms with Crippen LogP contribution in [0.3, 0.4) is 0 Å². The molecule has 1 aliphatic rings. The molecule has 0 saturated carbocycles. The Bertz CT molecular complexity index is 1480. The maximum atomic E-state index is 13.1. The molecular formula is C29H25Cl2N3O5. The number of carbonyl (C=O) groups excluding carboxylic acids is 4. The van der Waals surface area contributed by atoms with Crippen LogP contribution >= 0.6 is 23.2 Å². The predicted molar refractivity (Wildman–Crippen MR) is 151 cm³/mol. The number of esters is 1. The van der Waals surface area contributed by atoms with Crippen molar-refractivity contribution in [3.8, 4) is 0 Å². The highest BCUT2D eigenvalue weighted by atomic mass is 35.5. The summed E-state index contributed by atoms with van der Waals surface area (Å²) in [6, 6.07) is 17.6. The van der Waals surface area contributed by atoms with Gasteiger partial charge in [-0.3, -0.25) is 14.4 Å². The monoisotopic (exact) mass is 565 g/mol. The highest BCUT2D eigenvalue weighted by molar-refractivity contribution is 6.53. The molecule has 200 valence electrons. The molecule has 0 spiro atoms. The summed E-state index contributed by atoms with van der Waals surface area (Å²) in [5.41, 5.74) is 2.44. The van der Waals surface area contributed by atoms with Gasteiger partial charge in [-0.1, -0.05) is 48.7 Å². The quantitative estimate of drug-likeness (QED) is 0.179. The number of nitrogens with zero attached hydrogens (tertiary/aromatic N) is 1. The van der Waals surface area contributed by atoms with Gasteiger partial charge < -0.3 is 15.4 Å².